The average Bonchev–Trinajstić information content (AvgIpc) is 2.53. The lowest BCUT2D eigenvalue weighted by atomic mass is 9.82. The van der Waals surface area contributed by atoms with Crippen LogP contribution >= 0.6 is 0 Å². The lowest BCUT2D eigenvalue weighted by Crippen LogP contribution is -2.30. The number of hydrogen-bond donors (Lipinski definition) is 2. The molecule has 1 heterocycles. The van der Waals surface area contributed by atoms with Gasteiger partial charge in [-0.2, -0.15) is 0 Å². The van der Waals surface area contributed by atoms with Crippen molar-refractivity contribution in [3.8, 4) is 5.75 Å². The zero-order valence-electron chi connectivity index (χ0n) is 11.3. The second kappa shape index (κ2) is 5.95. The number of pyridine rings is 1. The van der Waals surface area contributed by atoms with E-state index in [0.29, 0.717) is 17.8 Å². The molecule has 0 spiro atoms. The standard InChI is InChI=1S/C16H14BNO3/c19-17(20)14-8-15(10-18-9-14)21-11-13-6-3-5-12-4-1-2-7-16(12)13/h1-10,19-20H,11H2. The Morgan fingerprint density at radius 2 is 1.81 bits per heavy atom. The van der Waals surface area contributed by atoms with E-state index in [1.54, 1.807) is 12.3 Å². The largest absolute Gasteiger partial charge is 0.490 e. The van der Waals surface area contributed by atoms with Gasteiger partial charge in [-0.1, -0.05) is 42.5 Å². The number of nitrogens with zero attached hydrogens (tertiary/aromatic N) is 1. The van der Waals surface area contributed by atoms with Crippen LogP contribution in [0.5, 0.6) is 5.75 Å². The second-order valence-electron chi connectivity index (χ2n) is 4.75. The van der Waals surface area contributed by atoms with Gasteiger partial charge in [-0.05, 0) is 22.4 Å². The van der Waals surface area contributed by atoms with Gasteiger partial charge in [0, 0.05) is 11.7 Å². The van der Waals surface area contributed by atoms with Gasteiger partial charge < -0.3 is 14.8 Å². The van der Waals surface area contributed by atoms with Crippen molar-refractivity contribution in [1.82, 2.24) is 4.98 Å². The van der Waals surface area contributed by atoms with Crippen LogP contribution < -0.4 is 10.2 Å². The van der Waals surface area contributed by atoms with Crippen LogP contribution in [0, 0.1) is 0 Å². The molecule has 0 saturated carbocycles. The molecule has 0 aliphatic heterocycles. The molecule has 2 N–H and O–H groups in total. The first-order valence-electron chi connectivity index (χ1n) is 6.64. The summed E-state index contributed by atoms with van der Waals surface area (Å²) in [5.41, 5.74) is 1.38. The van der Waals surface area contributed by atoms with Crippen molar-refractivity contribution in [3.63, 3.8) is 0 Å². The molecular formula is C16H14BNO3. The minimum Gasteiger partial charge on any atom is -0.487 e. The molecule has 0 aliphatic rings. The highest BCUT2D eigenvalue weighted by Gasteiger charge is 2.12. The van der Waals surface area contributed by atoms with Gasteiger partial charge in [0.1, 0.15) is 12.4 Å². The number of rotatable bonds is 4. The SMILES string of the molecule is OB(O)c1cncc(OCc2cccc3ccccc23)c1. The van der Waals surface area contributed by atoms with E-state index in [4.69, 9.17) is 14.8 Å². The first-order valence-corrected chi connectivity index (χ1v) is 6.64. The van der Waals surface area contributed by atoms with Gasteiger partial charge in [-0.3, -0.25) is 4.98 Å². The van der Waals surface area contributed by atoms with Crippen LogP contribution in [0.15, 0.2) is 60.9 Å². The number of aromatic nitrogens is 1. The molecule has 0 aliphatic carbocycles. The van der Waals surface area contributed by atoms with Gasteiger partial charge in [0.25, 0.3) is 0 Å². The Morgan fingerprint density at radius 1 is 1.00 bits per heavy atom. The normalized spacial score (nSPS) is 10.6. The van der Waals surface area contributed by atoms with E-state index < -0.39 is 7.12 Å². The fraction of sp³-hybridized carbons (Fsp3) is 0.0625. The van der Waals surface area contributed by atoms with Gasteiger partial charge in [0.05, 0.1) is 6.20 Å². The quantitative estimate of drug-likeness (QED) is 0.710. The van der Waals surface area contributed by atoms with Gasteiger partial charge in [-0.15, -0.1) is 0 Å². The Balaban J connectivity index is 1.82. The number of benzene rings is 2. The van der Waals surface area contributed by atoms with Crippen molar-refractivity contribution < 1.29 is 14.8 Å². The minimum absolute atomic E-state index is 0.311. The highest BCUT2D eigenvalue weighted by atomic mass is 16.5. The van der Waals surface area contributed by atoms with Crippen molar-refractivity contribution in [1.29, 1.82) is 0 Å². The predicted molar refractivity (Wildman–Crippen MR) is 82.3 cm³/mol. The summed E-state index contributed by atoms with van der Waals surface area (Å²) in [5, 5.41) is 20.6. The van der Waals surface area contributed by atoms with E-state index in [1.807, 2.05) is 24.3 Å². The fourth-order valence-electron chi connectivity index (χ4n) is 2.24. The molecule has 0 amide bonds. The molecule has 3 rings (SSSR count). The third-order valence-corrected chi connectivity index (χ3v) is 3.31. The summed E-state index contributed by atoms with van der Waals surface area (Å²) in [4.78, 5) is 3.94. The van der Waals surface area contributed by atoms with Gasteiger partial charge in [0.2, 0.25) is 0 Å². The molecule has 0 atom stereocenters. The molecule has 4 nitrogen and oxygen atoms in total. The van der Waals surface area contributed by atoms with Crippen molar-refractivity contribution >= 4 is 23.4 Å². The molecule has 0 fully saturated rings. The van der Waals surface area contributed by atoms with Crippen LogP contribution in [0.1, 0.15) is 5.56 Å². The fourth-order valence-corrected chi connectivity index (χ4v) is 2.24. The monoisotopic (exact) mass is 279 g/mol. The van der Waals surface area contributed by atoms with Crippen LogP contribution in [0.25, 0.3) is 10.8 Å². The molecule has 1 aromatic heterocycles. The zero-order chi connectivity index (χ0) is 14.7. The molecule has 0 radical (unpaired) electrons. The van der Waals surface area contributed by atoms with Gasteiger partial charge in [-0.25, -0.2) is 0 Å². The minimum atomic E-state index is -1.54. The van der Waals surface area contributed by atoms with Crippen LogP contribution in [-0.4, -0.2) is 22.2 Å². The van der Waals surface area contributed by atoms with Crippen molar-refractivity contribution in [3.05, 3.63) is 66.5 Å². The summed E-state index contributed by atoms with van der Waals surface area (Å²) in [6.45, 7) is 0.397. The Kier molecular flexibility index (Phi) is 3.86. The molecule has 0 bridgehead atoms. The highest BCUT2D eigenvalue weighted by Crippen LogP contribution is 2.20. The van der Waals surface area contributed by atoms with Crippen molar-refractivity contribution in [2.75, 3.05) is 0 Å². The molecule has 2 aromatic carbocycles. The first kappa shape index (κ1) is 13.6. The van der Waals surface area contributed by atoms with E-state index in [1.165, 1.54) is 6.20 Å². The lowest BCUT2D eigenvalue weighted by molar-refractivity contribution is 0.306. The van der Waals surface area contributed by atoms with Crippen LogP contribution in [0.3, 0.4) is 0 Å². The topological polar surface area (TPSA) is 62.6 Å². The smallest absolute Gasteiger partial charge is 0.487 e. The molecule has 21 heavy (non-hydrogen) atoms. The Labute approximate surface area is 122 Å². The highest BCUT2D eigenvalue weighted by molar-refractivity contribution is 6.58. The van der Waals surface area contributed by atoms with Crippen molar-refractivity contribution in [2.45, 2.75) is 6.61 Å². The van der Waals surface area contributed by atoms with Gasteiger partial charge in [0.15, 0.2) is 0 Å². The molecule has 3 aromatic rings. The summed E-state index contributed by atoms with van der Waals surface area (Å²) >= 11 is 0. The van der Waals surface area contributed by atoms with E-state index in [-0.39, 0.29) is 0 Å². The van der Waals surface area contributed by atoms with E-state index >= 15 is 0 Å². The molecule has 0 saturated heterocycles. The zero-order valence-corrected chi connectivity index (χ0v) is 11.3. The first-order chi connectivity index (χ1) is 10.2. The average molecular weight is 279 g/mol. The number of ether oxygens (including phenoxy) is 1. The molecule has 5 heteroatoms. The predicted octanol–water partition coefficient (Wildman–Crippen LogP) is 1.49. The lowest BCUT2D eigenvalue weighted by Gasteiger charge is -2.09. The number of fused-ring (bicyclic) bond motifs is 1. The summed E-state index contributed by atoms with van der Waals surface area (Å²) in [6, 6.07) is 15.8. The molecule has 0 unspecified atom stereocenters. The molecular weight excluding hydrogens is 265 g/mol. The Hall–Kier alpha value is -2.37. The third-order valence-electron chi connectivity index (χ3n) is 3.31. The van der Waals surface area contributed by atoms with E-state index in [0.717, 1.165) is 16.3 Å². The van der Waals surface area contributed by atoms with Crippen LogP contribution in [0.4, 0.5) is 0 Å². The maximum atomic E-state index is 9.13. The maximum absolute atomic E-state index is 9.13. The number of hydrogen-bond acceptors (Lipinski definition) is 4. The summed E-state index contributed by atoms with van der Waals surface area (Å²) < 4.78 is 5.71. The van der Waals surface area contributed by atoms with Crippen LogP contribution in [0.2, 0.25) is 0 Å². The van der Waals surface area contributed by atoms with E-state index in [9.17, 15) is 0 Å². The maximum Gasteiger partial charge on any atom is 0.490 e. The molecule has 104 valence electrons. The van der Waals surface area contributed by atoms with Crippen molar-refractivity contribution in [2.24, 2.45) is 0 Å². The summed E-state index contributed by atoms with van der Waals surface area (Å²) in [6.07, 6.45) is 2.95. The van der Waals surface area contributed by atoms with Crippen LogP contribution in [-0.2, 0) is 6.61 Å². The summed E-state index contributed by atoms with van der Waals surface area (Å²) in [7, 11) is -1.54. The second-order valence-corrected chi connectivity index (χ2v) is 4.75. The Morgan fingerprint density at radius 3 is 2.67 bits per heavy atom. The third kappa shape index (κ3) is 3.04. The Bertz CT molecular complexity index is 756. The van der Waals surface area contributed by atoms with Gasteiger partial charge >= 0.3 is 7.12 Å². The van der Waals surface area contributed by atoms with E-state index in [2.05, 4.69) is 23.2 Å². The summed E-state index contributed by atoms with van der Waals surface area (Å²) in [5.74, 6) is 0.508.